The van der Waals surface area contributed by atoms with E-state index in [4.69, 9.17) is 4.74 Å². The Labute approximate surface area is 176 Å². The molecule has 1 N–H and O–H groups in total. The summed E-state index contributed by atoms with van der Waals surface area (Å²) in [5.41, 5.74) is -0.629. The van der Waals surface area contributed by atoms with Crippen LogP contribution in [-0.2, 0) is 11.0 Å². The second kappa shape index (κ2) is 8.19. The third kappa shape index (κ3) is 4.56. The van der Waals surface area contributed by atoms with Gasteiger partial charge in [0.15, 0.2) is 6.61 Å². The molecule has 2 heterocycles. The number of benzene rings is 2. The molecule has 11 heteroatoms. The smallest absolute Gasteiger partial charge is 0.416 e. The number of carbonyl (C=O) groups excluding carboxylic acids is 1. The van der Waals surface area contributed by atoms with Crippen molar-refractivity contribution in [1.29, 1.82) is 0 Å². The minimum absolute atomic E-state index is 0.00806. The molecule has 0 saturated carbocycles. The fraction of sp³-hybridized carbons (Fsp3) is 0.100. The van der Waals surface area contributed by atoms with E-state index in [1.807, 2.05) is 0 Å². The normalized spacial score (nSPS) is 12.3. The van der Waals surface area contributed by atoms with E-state index in [1.54, 1.807) is 30.3 Å². The molecule has 2 aromatic heterocycles. The van der Waals surface area contributed by atoms with Gasteiger partial charge in [-0.3, -0.25) is 9.59 Å². The summed E-state index contributed by atoms with van der Waals surface area (Å²) in [4.78, 5) is 28.9. The first kappa shape index (κ1) is 20.5. The number of halogens is 3. The van der Waals surface area contributed by atoms with Crippen molar-refractivity contribution in [3.63, 3.8) is 0 Å². The zero-order valence-electron chi connectivity index (χ0n) is 15.6. The average Bonchev–Trinajstić information content (AvgIpc) is 3.30. The van der Waals surface area contributed by atoms with Gasteiger partial charge in [-0.1, -0.05) is 35.6 Å². The van der Waals surface area contributed by atoms with Crippen molar-refractivity contribution in [2.45, 2.75) is 6.18 Å². The molecule has 0 saturated heterocycles. The molecule has 0 aliphatic rings. The Bertz CT molecular complexity index is 1360. The number of aromatic nitrogens is 3. The maximum atomic E-state index is 12.8. The summed E-state index contributed by atoms with van der Waals surface area (Å²) >= 11 is 1.16. The van der Waals surface area contributed by atoms with Gasteiger partial charge in [-0.15, -0.1) is 0 Å². The second-order valence-electron chi connectivity index (χ2n) is 6.32. The molecule has 0 aliphatic heterocycles. The minimum Gasteiger partial charge on any atom is -0.483 e. The highest BCUT2D eigenvalue weighted by Crippen LogP contribution is 2.30. The molecule has 1 amide bonds. The van der Waals surface area contributed by atoms with E-state index < -0.39 is 24.3 Å². The third-order valence-electron chi connectivity index (χ3n) is 4.16. The van der Waals surface area contributed by atoms with Crippen LogP contribution in [-0.4, -0.2) is 27.1 Å². The Morgan fingerprint density at radius 1 is 1.19 bits per heavy atom. The van der Waals surface area contributed by atoms with Crippen molar-refractivity contribution in [2.75, 3.05) is 11.9 Å². The molecule has 0 atom stereocenters. The number of amides is 1. The summed E-state index contributed by atoms with van der Waals surface area (Å²) in [5.74, 6) is -0.294. The number of carbonyl (C=O) groups is 1. The van der Waals surface area contributed by atoms with Crippen LogP contribution in [0.1, 0.15) is 11.1 Å². The molecule has 0 bridgehead atoms. The van der Waals surface area contributed by atoms with E-state index in [9.17, 15) is 22.8 Å². The topological polar surface area (TPSA) is 85.6 Å². The maximum Gasteiger partial charge on any atom is 0.416 e. The van der Waals surface area contributed by atoms with E-state index >= 15 is 0 Å². The highest BCUT2D eigenvalue weighted by molar-refractivity contribution is 7.15. The molecule has 2 aromatic carbocycles. The van der Waals surface area contributed by atoms with Crippen molar-refractivity contribution >= 4 is 34.0 Å². The third-order valence-corrected chi connectivity index (χ3v) is 5.13. The largest absolute Gasteiger partial charge is 0.483 e. The van der Waals surface area contributed by atoms with Crippen LogP contribution in [0.4, 0.5) is 18.9 Å². The van der Waals surface area contributed by atoms with Crippen molar-refractivity contribution in [3.05, 3.63) is 80.9 Å². The molecule has 4 aromatic rings. The van der Waals surface area contributed by atoms with Gasteiger partial charge in [0.1, 0.15) is 12.1 Å². The molecular weight excluding hydrogens is 433 g/mol. The lowest BCUT2D eigenvalue weighted by molar-refractivity contribution is -0.137. The maximum absolute atomic E-state index is 12.8. The molecule has 0 radical (unpaired) electrons. The van der Waals surface area contributed by atoms with Gasteiger partial charge in [0.05, 0.1) is 10.1 Å². The minimum atomic E-state index is -4.51. The van der Waals surface area contributed by atoms with E-state index in [0.717, 1.165) is 23.5 Å². The molecule has 7 nitrogen and oxygen atoms in total. The van der Waals surface area contributed by atoms with Crippen molar-refractivity contribution in [2.24, 2.45) is 0 Å². The van der Waals surface area contributed by atoms with Gasteiger partial charge in [0.2, 0.25) is 4.96 Å². The van der Waals surface area contributed by atoms with E-state index in [0.29, 0.717) is 20.8 Å². The standard InChI is InChI=1S/C20H13F3N4O3S/c21-20(22,23)13-5-3-6-14(9-13)26-17(28)10-30-15-7-2-1-4-12(15)8-16-18(29)27-19(31-16)24-11-25-27/h1-9,11H,10H2,(H,26,28)/b16-8-. The molecule has 0 aliphatic carbocycles. The number of ether oxygens (including phenoxy) is 1. The second-order valence-corrected chi connectivity index (χ2v) is 7.33. The zero-order chi connectivity index (χ0) is 22.0. The van der Waals surface area contributed by atoms with Gasteiger partial charge in [-0.25, -0.2) is 4.98 Å². The Morgan fingerprint density at radius 2 is 2.00 bits per heavy atom. The summed E-state index contributed by atoms with van der Waals surface area (Å²) in [5, 5.41) is 6.23. The van der Waals surface area contributed by atoms with Crippen molar-refractivity contribution in [3.8, 4) is 5.75 Å². The summed E-state index contributed by atoms with van der Waals surface area (Å²) in [7, 11) is 0. The van der Waals surface area contributed by atoms with E-state index in [2.05, 4.69) is 15.4 Å². The molecule has 4 rings (SSSR count). The summed E-state index contributed by atoms with van der Waals surface area (Å²) in [6.07, 6.45) is -1.62. The number of nitrogens with one attached hydrogen (secondary N) is 1. The Kier molecular flexibility index (Phi) is 5.42. The van der Waals surface area contributed by atoms with Crippen molar-refractivity contribution in [1.82, 2.24) is 14.6 Å². The first-order valence-corrected chi connectivity index (χ1v) is 9.66. The SMILES string of the molecule is O=C(COc1ccccc1/C=c1\sc2ncnn2c1=O)Nc1cccc(C(F)(F)F)c1. The van der Waals surface area contributed by atoms with Crippen LogP contribution in [0.15, 0.2) is 59.7 Å². The Hall–Kier alpha value is -3.73. The summed E-state index contributed by atoms with van der Waals surface area (Å²) in [6.45, 7) is -0.430. The van der Waals surface area contributed by atoms with Gasteiger partial charge in [0, 0.05) is 11.3 Å². The van der Waals surface area contributed by atoms with Crippen LogP contribution in [0.3, 0.4) is 0 Å². The van der Waals surface area contributed by atoms with E-state index in [-0.39, 0.29) is 11.2 Å². The highest BCUT2D eigenvalue weighted by atomic mass is 32.1. The Balaban J connectivity index is 1.49. The number of thiazole rings is 1. The predicted molar refractivity (Wildman–Crippen MR) is 108 cm³/mol. The predicted octanol–water partition coefficient (Wildman–Crippen LogP) is 2.74. The summed E-state index contributed by atoms with van der Waals surface area (Å²) in [6, 6.07) is 11.1. The van der Waals surface area contributed by atoms with Crippen LogP contribution < -0.4 is 20.1 Å². The fourth-order valence-electron chi connectivity index (χ4n) is 2.76. The number of anilines is 1. The van der Waals surface area contributed by atoms with Crippen LogP contribution >= 0.6 is 11.3 Å². The summed E-state index contributed by atoms with van der Waals surface area (Å²) < 4.78 is 45.5. The first-order chi connectivity index (χ1) is 14.8. The van der Waals surface area contributed by atoms with Gasteiger partial charge < -0.3 is 10.1 Å². The number of hydrogen-bond donors (Lipinski definition) is 1. The number of rotatable bonds is 5. The first-order valence-electron chi connectivity index (χ1n) is 8.84. The number of nitrogens with zero attached hydrogens (tertiary/aromatic N) is 3. The van der Waals surface area contributed by atoms with Gasteiger partial charge >= 0.3 is 6.18 Å². The fourth-order valence-corrected chi connectivity index (χ4v) is 3.64. The van der Waals surface area contributed by atoms with Crippen molar-refractivity contribution < 1.29 is 22.7 Å². The van der Waals surface area contributed by atoms with Crippen LogP contribution in [0.2, 0.25) is 0 Å². The van der Waals surface area contributed by atoms with Gasteiger partial charge in [-0.2, -0.15) is 22.8 Å². The van der Waals surface area contributed by atoms with Gasteiger partial charge in [0.25, 0.3) is 11.5 Å². The lowest BCUT2D eigenvalue weighted by Crippen LogP contribution is -2.24. The van der Waals surface area contributed by atoms with E-state index in [1.165, 1.54) is 23.0 Å². The highest BCUT2D eigenvalue weighted by Gasteiger charge is 2.30. The van der Waals surface area contributed by atoms with Gasteiger partial charge in [-0.05, 0) is 30.3 Å². The average molecular weight is 446 g/mol. The number of hydrogen-bond acceptors (Lipinski definition) is 6. The molecule has 31 heavy (non-hydrogen) atoms. The van der Waals surface area contributed by atoms with Crippen LogP contribution in [0.25, 0.3) is 11.0 Å². The molecule has 0 unspecified atom stereocenters. The number of fused-ring (bicyclic) bond motifs is 1. The zero-order valence-corrected chi connectivity index (χ0v) is 16.4. The number of alkyl halides is 3. The van der Waals surface area contributed by atoms with Crippen LogP contribution in [0, 0.1) is 0 Å². The number of para-hydroxylation sites is 1. The Morgan fingerprint density at radius 3 is 2.77 bits per heavy atom. The quantitative estimate of drug-likeness (QED) is 0.510. The lowest BCUT2D eigenvalue weighted by atomic mass is 10.2. The molecule has 0 spiro atoms. The lowest BCUT2D eigenvalue weighted by Gasteiger charge is -2.11. The molecule has 0 fully saturated rings. The van der Waals surface area contributed by atoms with Crippen LogP contribution in [0.5, 0.6) is 5.75 Å². The molecule has 158 valence electrons. The molecular formula is C20H13F3N4O3S. The monoisotopic (exact) mass is 446 g/mol.